The molecule has 0 aliphatic rings. The Labute approximate surface area is 184 Å². The zero-order chi connectivity index (χ0) is 23.3. The molecular formula is C22H24N6O4. The van der Waals surface area contributed by atoms with Crippen LogP contribution in [-0.4, -0.2) is 38.7 Å². The lowest BCUT2D eigenvalue weighted by Crippen LogP contribution is -2.31. The highest BCUT2D eigenvalue weighted by molar-refractivity contribution is 5.92. The van der Waals surface area contributed by atoms with Crippen molar-refractivity contribution < 1.29 is 9.72 Å². The molecule has 3 rings (SSSR count). The molecule has 3 aromatic rings. The molecule has 1 aromatic carbocycles. The van der Waals surface area contributed by atoms with E-state index < -0.39 is 16.3 Å². The lowest BCUT2D eigenvalue weighted by atomic mass is 10.2. The van der Waals surface area contributed by atoms with Crippen molar-refractivity contribution in [3.8, 4) is 5.69 Å². The van der Waals surface area contributed by atoms with Crippen LogP contribution in [0.25, 0.3) is 5.69 Å². The number of para-hydroxylation sites is 2. The van der Waals surface area contributed by atoms with Gasteiger partial charge >= 0.3 is 0 Å². The van der Waals surface area contributed by atoms with E-state index in [1.807, 2.05) is 26.0 Å². The molecule has 0 atom stereocenters. The van der Waals surface area contributed by atoms with Gasteiger partial charge in [0.05, 0.1) is 4.92 Å². The Hall–Kier alpha value is -4.08. The van der Waals surface area contributed by atoms with Gasteiger partial charge in [-0.25, -0.2) is 9.67 Å². The van der Waals surface area contributed by atoms with Gasteiger partial charge < -0.3 is 10.2 Å². The molecule has 0 saturated heterocycles. The van der Waals surface area contributed by atoms with Gasteiger partial charge in [-0.3, -0.25) is 19.7 Å². The molecule has 1 N–H and O–H groups in total. The SMILES string of the molecule is CCN(CC)c1ccc(CNC(=O)c2nn(-c3ccccc3[N+](=O)[O-])c(C)cc2=O)cn1. The van der Waals surface area contributed by atoms with Crippen LogP contribution in [0, 0.1) is 17.0 Å². The predicted octanol–water partition coefficient (Wildman–Crippen LogP) is 2.62. The van der Waals surface area contributed by atoms with Gasteiger partial charge in [-0.1, -0.05) is 18.2 Å². The van der Waals surface area contributed by atoms with Crippen LogP contribution in [0.5, 0.6) is 0 Å². The zero-order valence-corrected chi connectivity index (χ0v) is 18.1. The van der Waals surface area contributed by atoms with E-state index >= 15 is 0 Å². The van der Waals surface area contributed by atoms with Crippen LogP contribution in [0.3, 0.4) is 0 Å². The molecule has 0 saturated carbocycles. The van der Waals surface area contributed by atoms with Gasteiger partial charge in [0.1, 0.15) is 11.5 Å². The first-order valence-electron chi connectivity index (χ1n) is 10.2. The summed E-state index contributed by atoms with van der Waals surface area (Å²) in [5.41, 5.74) is 0.210. The highest BCUT2D eigenvalue weighted by Crippen LogP contribution is 2.22. The van der Waals surface area contributed by atoms with Gasteiger partial charge in [-0.05, 0) is 38.5 Å². The van der Waals surface area contributed by atoms with Crippen LogP contribution in [0.2, 0.25) is 0 Å². The molecule has 0 aliphatic carbocycles. The van der Waals surface area contributed by atoms with Crippen molar-refractivity contribution in [3.05, 3.63) is 86.0 Å². The van der Waals surface area contributed by atoms with Crippen molar-refractivity contribution in [1.29, 1.82) is 0 Å². The molecule has 1 amide bonds. The number of benzene rings is 1. The Balaban J connectivity index is 1.83. The summed E-state index contributed by atoms with van der Waals surface area (Å²) in [7, 11) is 0. The number of carbonyl (C=O) groups excluding carboxylic acids is 1. The average molecular weight is 436 g/mol. The van der Waals surface area contributed by atoms with Gasteiger partial charge in [0, 0.05) is 43.7 Å². The van der Waals surface area contributed by atoms with Gasteiger partial charge in [-0.15, -0.1) is 0 Å². The predicted molar refractivity (Wildman–Crippen MR) is 120 cm³/mol. The molecular weight excluding hydrogens is 412 g/mol. The minimum Gasteiger partial charge on any atom is -0.357 e. The van der Waals surface area contributed by atoms with Crippen molar-refractivity contribution >= 4 is 17.4 Å². The van der Waals surface area contributed by atoms with E-state index in [0.717, 1.165) is 24.5 Å². The largest absolute Gasteiger partial charge is 0.357 e. The van der Waals surface area contributed by atoms with E-state index in [1.165, 1.54) is 28.9 Å². The van der Waals surface area contributed by atoms with Crippen LogP contribution >= 0.6 is 0 Å². The number of carbonyl (C=O) groups is 1. The van der Waals surface area contributed by atoms with E-state index in [1.54, 1.807) is 19.2 Å². The smallest absolute Gasteiger partial charge is 0.294 e. The minimum absolute atomic E-state index is 0.158. The molecule has 32 heavy (non-hydrogen) atoms. The molecule has 0 unspecified atom stereocenters. The summed E-state index contributed by atoms with van der Waals surface area (Å²) in [6.45, 7) is 7.52. The van der Waals surface area contributed by atoms with E-state index in [-0.39, 0.29) is 23.6 Å². The van der Waals surface area contributed by atoms with E-state index in [0.29, 0.717) is 5.69 Å². The van der Waals surface area contributed by atoms with Gasteiger partial charge in [0.15, 0.2) is 5.69 Å². The number of nitrogens with zero attached hydrogens (tertiary/aromatic N) is 5. The fourth-order valence-corrected chi connectivity index (χ4v) is 3.27. The molecule has 2 aromatic heterocycles. The Bertz CT molecular complexity index is 1190. The topological polar surface area (TPSA) is 123 Å². The molecule has 10 nitrogen and oxygen atoms in total. The summed E-state index contributed by atoms with van der Waals surface area (Å²) >= 11 is 0. The second-order valence-corrected chi connectivity index (χ2v) is 7.04. The van der Waals surface area contributed by atoms with E-state index in [4.69, 9.17) is 0 Å². The number of nitro benzene ring substituents is 1. The molecule has 0 spiro atoms. The van der Waals surface area contributed by atoms with Crippen molar-refractivity contribution in [2.24, 2.45) is 0 Å². The molecule has 0 bridgehead atoms. The number of nitro groups is 1. The first-order chi connectivity index (χ1) is 15.3. The number of amides is 1. The summed E-state index contributed by atoms with van der Waals surface area (Å²) in [4.78, 5) is 42.4. The molecule has 2 heterocycles. The quantitative estimate of drug-likeness (QED) is 0.425. The number of aryl methyl sites for hydroxylation is 1. The molecule has 0 fully saturated rings. The van der Waals surface area contributed by atoms with Crippen molar-refractivity contribution in [2.75, 3.05) is 18.0 Å². The molecule has 0 radical (unpaired) electrons. The van der Waals surface area contributed by atoms with Crippen molar-refractivity contribution in [3.63, 3.8) is 0 Å². The van der Waals surface area contributed by atoms with Gasteiger partial charge in [0.25, 0.3) is 11.6 Å². The number of pyridine rings is 1. The Morgan fingerprint density at radius 2 is 1.91 bits per heavy atom. The lowest BCUT2D eigenvalue weighted by Gasteiger charge is -2.19. The number of aromatic nitrogens is 3. The number of nitrogens with one attached hydrogen (secondary N) is 1. The van der Waals surface area contributed by atoms with Crippen LogP contribution in [0.1, 0.15) is 35.6 Å². The van der Waals surface area contributed by atoms with E-state index in [9.17, 15) is 19.7 Å². The summed E-state index contributed by atoms with van der Waals surface area (Å²) in [6, 6.07) is 11.0. The Morgan fingerprint density at radius 3 is 2.53 bits per heavy atom. The molecule has 0 aliphatic heterocycles. The second kappa shape index (κ2) is 9.82. The fraction of sp³-hybridized carbons (Fsp3) is 0.273. The third-order valence-corrected chi connectivity index (χ3v) is 4.98. The van der Waals surface area contributed by atoms with Crippen molar-refractivity contribution in [2.45, 2.75) is 27.3 Å². The van der Waals surface area contributed by atoms with Crippen LogP contribution in [0.4, 0.5) is 11.5 Å². The van der Waals surface area contributed by atoms with Crippen molar-refractivity contribution in [1.82, 2.24) is 20.1 Å². The Morgan fingerprint density at radius 1 is 1.19 bits per heavy atom. The maximum Gasteiger partial charge on any atom is 0.294 e. The summed E-state index contributed by atoms with van der Waals surface area (Å²) in [6.07, 6.45) is 1.67. The van der Waals surface area contributed by atoms with E-state index in [2.05, 4.69) is 20.3 Å². The fourth-order valence-electron chi connectivity index (χ4n) is 3.27. The third kappa shape index (κ3) is 4.80. The summed E-state index contributed by atoms with van der Waals surface area (Å²) in [5.74, 6) is 0.174. The summed E-state index contributed by atoms with van der Waals surface area (Å²) in [5, 5.41) is 18.2. The third-order valence-electron chi connectivity index (χ3n) is 4.98. The maximum absolute atomic E-state index is 12.7. The average Bonchev–Trinajstić information content (AvgIpc) is 2.79. The Kier molecular flexibility index (Phi) is 6.93. The van der Waals surface area contributed by atoms with Gasteiger partial charge in [0.2, 0.25) is 5.43 Å². The number of hydrogen-bond acceptors (Lipinski definition) is 7. The van der Waals surface area contributed by atoms with Crippen LogP contribution in [0.15, 0.2) is 53.5 Å². The number of rotatable bonds is 8. The maximum atomic E-state index is 12.7. The highest BCUT2D eigenvalue weighted by atomic mass is 16.6. The minimum atomic E-state index is -0.671. The lowest BCUT2D eigenvalue weighted by molar-refractivity contribution is -0.384. The number of hydrogen-bond donors (Lipinski definition) is 1. The van der Waals surface area contributed by atoms with Crippen LogP contribution in [-0.2, 0) is 6.54 Å². The zero-order valence-electron chi connectivity index (χ0n) is 18.1. The highest BCUT2D eigenvalue weighted by Gasteiger charge is 2.20. The standard InChI is InChI=1S/C22H24N6O4/c1-4-26(5-2)20-11-10-16(13-23-20)14-24-22(30)21-19(29)12-15(3)27(25-21)17-8-6-7-9-18(17)28(31)32/h6-13H,4-5,14H2,1-3H3,(H,24,30). The molecule has 166 valence electrons. The first-order valence-corrected chi connectivity index (χ1v) is 10.2. The number of anilines is 1. The molecule has 10 heteroatoms. The first kappa shape index (κ1) is 22.6. The second-order valence-electron chi connectivity index (χ2n) is 7.04. The van der Waals surface area contributed by atoms with Gasteiger partial charge in [-0.2, -0.15) is 5.10 Å². The van der Waals surface area contributed by atoms with Crippen LogP contribution < -0.4 is 15.6 Å². The summed E-state index contributed by atoms with van der Waals surface area (Å²) < 4.78 is 1.23. The normalized spacial score (nSPS) is 10.6. The monoisotopic (exact) mass is 436 g/mol.